The third-order valence-corrected chi connectivity index (χ3v) is 12.0. The molecule has 6 heteroatoms. The Balaban J connectivity index is 4.66. The highest BCUT2D eigenvalue weighted by atomic mass is 16.5. The maximum Gasteiger partial charge on any atom is 0.306 e. The molecule has 0 heterocycles. The van der Waals surface area contributed by atoms with Crippen molar-refractivity contribution < 1.29 is 24.5 Å². The summed E-state index contributed by atoms with van der Waals surface area (Å²) in [4.78, 5) is 26.2. The summed E-state index contributed by atoms with van der Waals surface area (Å²) in [6.07, 6.45) is 65.3. The van der Waals surface area contributed by atoms with Crippen molar-refractivity contribution in [3.63, 3.8) is 0 Å². The molecule has 0 spiro atoms. The second-order valence-corrected chi connectivity index (χ2v) is 18.2. The Hall–Kier alpha value is -2.70. The second-order valence-electron chi connectivity index (χ2n) is 18.2. The first-order valence-corrected chi connectivity index (χ1v) is 27.2. The zero-order valence-electron chi connectivity index (χ0n) is 42.1. The number of rotatable bonds is 48. The maximum atomic E-state index is 13.2. The molecule has 0 saturated heterocycles. The SMILES string of the molecule is CC/C=C/C/C=C/C/C=C/C/C=C/CCCCCC(=O)OC(CCCCCCC/C=C\C/C=C\CCCCC)CC(=O)NC(CO)C(O)CCCCCCCCCCCCCCCC. The third kappa shape index (κ3) is 45.9. The predicted octanol–water partition coefficient (Wildman–Crippen LogP) is 16.6. The molecule has 3 N–H and O–H groups in total. The minimum atomic E-state index is -0.800. The van der Waals surface area contributed by atoms with Crippen LogP contribution in [0.5, 0.6) is 0 Å². The summed E-state index contributed by atoms with van der Waals surface area (Å²) in [7, 11) is 0. The smallest absolute Gasteiger partial charge is 0.306 e. The minimum Gasteiger partial charge on any atom is -0.462 e. The van der Waals surface area contributed by atoms with Gasteiger partial charge >= 0.3 is 5.97 Å². The number of ether oxygens (including phenoxy) is 1. The summed E-state index contributed by atoms with van der Waals surface area (Å²) in [5.41, 5.74) is 0. The highest BCUT2D eigenvalue weighted by molar-refractivity contribution is 5.77. The highest BCUT2D eigenvalue weighted by Gasteiger charge is 2.24. The molecular weight excluding hydrogens is 791 g/mol. The molecule has 0 rings (SSSR count). The first-order valence-electron chi connectivity index (χ1n) is 27.2. The van der Waals surface area contributed by atoms with E-state index in [9.17, 15) is 19.8 Å². The maximum absolute atomic E-state index is 13.2. The Bertz CT molecular complexity index is 1190. The fraction of sp³-hybridized carbons (Fsp3) is 0.759. The van der Waals surface area contributed by atoms with Crippen LogP contribution in [0.1, 0.15) is 258 Å². The molecule has 0 aliphatic heterocycles. The van der Waals surface area contributed by atoms with E-state index in [1.165, 1.54) is 109 Å². The van der Waals surface area contributed by atoms with Crippen molar-refractivity contribution in [1.29, 1.82) is 0 Å². The summed E-state index contributed by atoms with van der Waals surface area (Å²) >= 11 is 0. The van der Waals surface area contributed by atoms with E-state index in [-0.39, 0.29) is 24.9 Å². The molecule has 0 aromatic rings. The lowest BCUT2D eigenvalue weighted by molar-refractivity contribution is -0.151. The molecule has 3 atom stereocenters. The number of hydrogen-bond acceptors (Lipinski definition) is 5. The number of nitrogens with one attached hydrogen (secondary N) is 1. The largest absolute Gasteiger partial charge is 0.462 e. The topological polar surface area (TPSA) is 95.9 Å². The van der Waals surface area contributed by atoms with Gasteiger partial charge in [0.25, 0.3) is 0 Å². The fourth-order valence-corrected chi connectivity index (χ4v) is 7.92. The number of amides is 1. The Morgan fingerprint density at radius 2 is 0.844 bits per heavy atom. The van der Waals surface area contributed by atoms with Gasteiger partial charge in [-0.3, -0.25) is 9.59 Å². The number of carbonyl (C=O) groups excluding carboxylic acids is 2. The van der Waals surface area contributed by atoms with Crippen molar-refractivity contribution in [3.05, 3.63) is 72.9 Å². The molecule has 1 amide bonds. The van der Waals surface area contributed by atoms with Gasteiger partial charge in [-0.15, -0.1) is 0 Å². The van der Waals surface area contributed by atoms with Crippen LogP contribution in [0.3, 0.4) is 0 Å². The molecule has 0 aromatic heterocycles. The van der Waals surface area contributed by atoms with Gasteiger partial charge in [0.05, 0.1) is 25.2 Å². The Labute approximate surface area is 396 Å². The molecule has 0 bridgehead atoms. The van der Waals surface area contributed by atoms with E-state index in [4.69, 9.17) is 4.74 Å². The van der Waals surface area contributed by atoms with Crippen LogP contribution < -0.4 is 5.32 Å². The zero-order valence-corrected chi connectivity index (χ0v) is 42.1. The van der Waals surface area contributed by atoms with Crippen LogP contribution in [-0.4, -0.2) is 46.9 Å². The molecule has 0 radical (unpaired) electrons. The second kappa shape index (κ2) is 51.3. The molecule has 0 aliphatic carbocycles. The van der Waals surface area contributed by atoms with Gasteiger partial charge in [0, 0.05) is 6.42 Å². The van der Waals surface area contributed by atoms with E-state index in [0.717, 1.165) is 103 Å². The van der Waals surface area contributed by atoms with Crippen molar-refractivity contribution in [2.75, 3.05) is 6.61 Å². The molecule has 0 fully saturated rings. The Morgan fingerprint density at radius 3 is 1.31 bits per heavy atom. The average molecular weight is 894 g/mol. The number of aliphatic hydroxyl groups excluding tert-OH is 2. The van der Waals surface area contributed by atoms with E-state index in [2.05, 4.69) is 99.0 Å². The third-order valence-electron chi connectivity index (χ3n) is 12.0. The van der Waals surface area contributed by atoms with Gasteiger partial charge in [-0.25, -0.2) is 0 Å². The van der Waals surface area contributed by atoms with Gasteiger partial charge in [-0.2, -0.15) is 0 Å². The number of hydrogen-bond donors (Lipinski definition) is 3. The lowest BCUT2D eigenvalue weighted by atomic mass is 10.0. The molecular formula is C58H103NO5. The minimum absolute atomic E-state index is 0.0531. The van der Waals surface area contributed by atoms with Crippen LogP contribution in [-0.2, 0) is 14.3 Å². The summed E-state index contributed by atoms with van der Waals surface area (Å²) in [6, 6.07) is -0.716. The summed E-state index contributed by atoms with van der Waals surface area (Å²) in [5.74, 6) is -0.523. The van der Waals surface area contributed by atoms with Crippen LogP contribution in [0.25, 0.3) is 0 Å². The van der Waals surface area contributed by atoms with Crippen LogP contribution in [0.15, 0.2) is 72.9 Å². The predicted molar refractivity (Wildman–Crippen MR) is 278 cm³/mol. The zero-order chi connectivity index (χ0) is 46.7. The number of esters is 1. The molecule has 0 aromatic carbocycles. The first kappa shape index (κ1) is 61.3. The number of allylic oxidation sites excluding steroid dienone is 12. The molecule has 6 nitrogen and oxygen atoms in total. The number of aliphatic hydroxyl groups is 2. The van der Waals surface area contributed by atoms with Crippen LogP contribution in [0, 0.1) is 0 Å². The van der Waals surface area contributed by atoms with E-state index in [0.29, 0.717) is 19.3 Å². The summed E-state index contributed by atoms with van der Waals surface area (Å²) < 4.78 is 5.93. The first-order chi connectivity index (χ1) is 31.5. The molecule has 0 saturated carbocycles. The van der Waals surface area contributed by atoms with E-state index in [1.54, 1.807) is 0 Å². The Kier molecular flexibility index (Phi) is 49.1. The molecule has 0 aliphatic rings. The van der Waals surface area contributed by atoms with E-state index >= 15 is 0 Å². The van der Waals surface area contributed by atoms with Crippen molar-refractivity contribution in [2.24, 2.45) is 0 Å². The van der Waals surface area contributed by atoms with Gasteiger partial charge in [0.2, 0.25) is 5.91 Å². The lowest BCUT2D eigenvalue weighted by Crippen LogP contribution is -2.46. The molecule has 64 heavy (non-hydrogen) atoms. The van der Waals surface area contributed by atoms with Crippen LogP contribution in [0.2, 0.25) is 0 Å². The van der Waals surface area contributed by atoms with Crippen molar-refractivity contribution >= 4 is 11.9 Å². The fourth-order valence-electron chi connectivity index (χ4n) is 7.92. The van der Waals surface area contributed by atoms with Gasteiger partial charge in [-0.05, 0) is 96.3 Å². The monoisotopic (exact) mass is 894 g/mol. The van der Waals surface area contributed by atoms with Gasteiger partial charge in [-0.1, -0.05) is 222 Å². The average Bonchev–Trinajstić information content (AvgIpc) is 3.29. The molecule has 3 unspecified atom stereocenters. The number of unbranched alkanes of at least 4 members (excludes halogenated alkanes) is 24. The van der Waals surface area contributed by atoms with Gasteiger partial charge in [0.15, 0.2) is 0 Å². The van der Waals surface area contributed by atoms with Crippen LogP contribution >= 0.6 is 0 Å². The Morgan fingerprint density at radius 1 is 0.469 bits per heavy atom. The van der Waals surface area contributed by atoms with E-state index in [1.807, 2.05) is 0 Å². The highest BCUT2D eigenvalue weighted by Crippen LogP contribution is 2.18. The summed E-state index contributed by atoms with van der Waals surface area (Å²) in [6.45, 7) is 6.34. The number of carbonyl (C=O) groups is 2. The summed E-state index contributed by atoms with van der Waals surface area (Å²) in [5, 5.41) is 23.8. The lowest BCUT2D eigenvalue weighted by Gasteiger charge is -2.24. The van der Waals surface area contributed by atoms with Crippen molar-refractivity contribution in [2.45, 2.75) is 277 Å². The standard InChI is InChI=1S/C58H103NO5/c1-4-7-10-13-16-19-22-25-28-30-33-36-39-42-45-48-51-58(63)64-54(49-46-43-40-37-34-31-29-26-23-20-17-14-11-8-5-2)52-57(62)59-55(53-60)56(61)50-47-44-41-38-35-32-27-24-21-18-15-12-9-6-3/h7,10,16-17,19-20,25-26,28-29,33,36,54-56,60-61H,4-6,8-9,11-15,18,21-24,27,30-32,34-35,37-53H2,1-3H3,(H,59,62)/b10-7+,19-16+,20-17-,28-25+,29-26-,36-33+. The normalized spacial score (nSPS) is 13.8. The van der Waals surface area contributed by atoms with Crippen LogP contribution in [0.4, 0.5) is 0 Å². The van der Waals surface area contributed by atoms with Gasteiger partial charge < -0.3 is 20.3 Å². The van der Waals surface area contributed by atoms with Gasteiger partial charge in [0.1, 0.15) is 6.10 Å². The quantitative estimate of drug-likeness (QED) is 0.0321. The van der Waals surface area contributed by atoms with Crippen molar-refractivity contribution in [1.82, 2.24) is 5.32 Å². The molecule has 370 valence electrons. The van der Waals surface area contributed by atoms with Crippen molar-refractivity contribution in [3.8, 4) is 0 Å². The van der Waals surface area contributed by atoms with E-state index < -0.39 is 18.2 Å².